The fourth-order valence-corrected chi connectivity index (χ4v) is 3.98. The quantitative estimate of drug-likeness (QED) is 0.920. The molecular weight excluding hydrogens is 312 g/mol. The summed E-state index contributed by atoms with van der Waals surface area (Å²) < 4.78 is 27.6. The summed E-state index contributed by atoms with van der Waals surface area (Å²) >= 11 is 0. The molecule has 0 aromatic heterocycles. The van der Waals surface area contributed by atoms with Crippen LogP contribution in [0.1, 0.15) is 39.2 Å². The van der Waals surface area contributed by atoms with Gasteiger partial charge in [0.15, 0.2) is 0 Å². The van der Waals surface area contributed by atoms with E-state index in [1.54, 1.807) is 24.3 Å². The van der Waals surface area contributed by atoms with Gasteiger partial charge in [-0.25, -0.2) is 13.1 Å². The summed E-state index contributed by atoms with van der Waals surface area (Å²) in [5, 5.41) is 0. The van der Waals surface area contributed by atoms with Crippen LogP contribution in [0.2, 0.25) is 0 Å². The Hall–Kier alpha value is -1.40. The first kappa shape index (κ1) is 17.9. The Balaban J connectivity index is 1.96. The molecule has 1 N–H and O–H groups in total. The van der Waals surface area contributed by atoms with E-state index in [1.807, 2.05) is 32.6 Å². The molecule has 1 fully saturated rings. The third-order valence-corrected chi connectivity index (χ3v) is 5.61. The molecule has 1 amide bonds. The van der Waals surface area contributed by atoms with Gasteiger partial charge in [-0.1, -0.05) is 38.5 Å². The number of hydrogen-bond acceptors (Lipinski definition) is 3. The molecule has 0 aliphatic carbocycles. The van der Waals surface area contributed by atoms with Gasteiger partial charge in [0.1, 0.15) is 0 Å². The Morgan fingerprint density at radius 1 is 1.13 bits per heavy atom. The van der Waals surface area contributed by atoms with Gasteiger partial charge in [0.2, 0.25) is 15.9 Å². The first-order chi connectivity index (χ1) is 10.6. The molecule has 1 heterocycles. The van der Waals surface area contributed by atoms with E-state index in [2.05, 4.69) is 4.72 Å². The van der Waals surface area contributed by atoms with Crippen molar-refractivity contribution in [3.63, 3.8) is 0 Å². The molecule has 1 aliphatic rings. The van der Waals surface area contributed by atoms with Crippen LogP contribution in [0.4, 0.5) is 0 Å². The smallest absolute Gasteiger partial charge is 0.240 e. The minimum absolute atomic E-state index is 0.120. The van der Waals surface area contributed by atoms with Crippen molar-refractivity contribution in [2.24, 2.45) is 5.41 Å². The summed E-state index contributed by atoms with van der Waals surface area (Å²) in [5.41, 5.74) is 0.631. The lowest BCUT2D eigenvalue weighted by molar-refractivity contribution is -0.140. The Kier molecular flexibility index (Phi) is 5.16. The van der Waals surface area contributed by atoms with Crippen molar-refractivity contribution in [2.45, 2.75) is 51.5 Å². The predicted molar refractivity (Wildman–Crippen MR) is 90.6 cm³/mol. The van der Waals surface area contributed by atoms with Crippen molar-refractivity contribution < 1.29 is 13.2 Å². The monoisotopic (exact) mass is 338 g/mol. The molecule has 0 atom stereocenters. The summed E-state index contributed by atoms with van der Waals surface area (Å²) in [6.45, 7) is 8.82. The SMILES string of the molecule is Cc1ccc(S(=O)(=O)NC2CCN(C(=O)C(C)(C)C)CC2)cc1. The molecule has 1 aliphatic heterocycles. The summed E-state index contributed by atoms with van der Waals surface area (Å²) in [7, 11) is -3.50. The second-order valence-electron chi connectivity index (χ2n) is 7.25. The molecule has 1 aromatic carbocycles. The van der Waals surface area contributed by atoms with Gasteiger partial charge in [-0.05, 0) is 31.9 Å². The Bertz CT molecular complexity index is 652. The fraction of sp³-hybridized carbons (Fsp3) is 0.588. The molecule has 0 saturated carbocycles. The molecule has 0 radical (unpaired) electrons. The number of piperidine rings is 1. The van der Waals surface area contributed by atoms with Gasteiger partial charge >= 0.3 is 0 Å². The van der Waals surface area contributed by atoms with Crippen LogP contribution in [-0.2, 0) is 14.8 Å². The van der Waals surface area contributed by atoms with E-state index >= 15 is 0 Å². The maximum absolute atomic E-state index is 12.4. The molecule has 0 bridgehead atoms. The molecule has 128 valence electrons. The third kappa shape index (κ3) is 4.54. The number of sulfonamides is 1. The van der Waals surface area contributed by atoms with Crippen LogP contribution in [0.3, 0.4) is 0 Å². The van der Waals surface area contributed by atoms with E-state index in [0.29, 0.717) is 25.9 Å². The highest BCUT2D eigenvalue weighted by Crippen LogP contribution is 2.22. The molecular formula is C17H26N2O3S. The van der Waals surface area contributed by atoms with Crippen molar-refractivity contribution in [3.05, 3.63) is 29.8 Å². The Labute approximate surface area is 139 Å². The first-order valence-corrected chi connectivity index (χ1v) is 9.46. The number of nitrogens with zero attached hydrogens (tertiary/aromatic N) is 1. The number of nitrogens with one attached hydrogen (secondary N) is 1. The van der Waals surface area contributed by atoms with Crippen LogP contribution < -0.4 is 4.72 Å². The highest BCUT2D eigenvalue weighted by molar-refractivity contribution is 7.89. The van der Waals surface area contributed by atoms with Crippen LogP contribution in [0.5, 0.6) is 0 Å². The second kappa shape index (κ2) is 6.61. The van der Waals surface area contributed by atoms with E-state index in [-0.39, 0.29) is 16.8 Å². The first-order valence-electron chi connectivity index (χ1n) is 7.98. The number of carbonyl (C=O) groups is 1. The predicted octanol–water partition coefficient (Wildman–Crippen LogP) is 2.31. The van der Waals surface area contributed by atoms with Crippen molar-refractivity contribution in [1.29, 1.82) is 0 Å². The molecule has 23 heavy (non-hydrogen) atoms. The Morgan fingerprint density at radius 2 is 1.65 bits per heavy atom. The lowest BCUT2D eigenvalue weighted by Crippen LogP contribution is -2.49. The fourth-order valence-electron chi connectivity index (χ4n) is 2.68. The van der Waals surface area contributed by atoms with Crippen LogP contribution in [0.15, 0.2) is 29.2 Å². The minimum atomic E-state index is -3.50. The molecule has 1 saturated heterocycles. The van der Waals surface area contributed by atoms with E-state index < -0.39 is 15.4 Å². The van der Waals surface area contributed by atoms with E-state index in [9.17, 15) is 13.2 Å². The zero-order chi connectivity index (χ0) is 17.3. The number of likely N-dealkylation sites (tertiary alicyclic amines) is 1. The van der Waals surface area contributed by atoms with E-state index in [0.717, 1.165) is 5.56 Å². The lowest BCUT2D eigenvalue weighted by atomic mass is 9.93. The average molecular weight is 338 g/mol. The van der Waals surface area contributed by atoms with Crippen molar-refractivity contribution in [2.75, 3.05) is 13.1 Å². The summed E-state index contributed by atoms with van der Waals surface area (Å²) in [6, 6.07) is 6.70. The van der Waals surface area contributed by atoms with Crippen molar-refractivity contribution >= 4 is 15.9 Å². The topological polar surface area (TPSA) is 66.5 Å². The third-order valence-electron chi connectivity index (χ3n) is 4.08. The number of rotatable bonds is 3. The number of hydrogen-bond donors (Lipinski definition) is 1. The number of benzene rings is 1. The van der Waals surface area contributed by atoms with Gasteiger partial charge in [-0.15, -0.1) is 0 Å². The zero-order valence-corrected chi connectivity index (χ0v) is 15.1. The maximum atomic E-state index is 12.4. The molecule has 2 rings (SSSR count). The number of amides is 1. The van der Waals surface area contributed by atoms with Gasteiger partial charge < -0.3 is 4.90 Å². The van der Waals surface area contributed by atoms with Crippen molar-refractivity contribution in [1.82, 2.24) is 9.62 Å². The molecule has 0 unspecified atom stereocenters. The maximum Gasteiger partial charge on any atom is 0.240 e. The number of carbonyl (C=O) groups excluding carboxylic acids is 1. The van der Waals surface area contributed by atoms with Gasteiger partial charge in [-0.3, -0.25) is 4.79 Å². The van der Waals surface area contributed by atoms with Gasteiger partial charge in [-0.2, -0.15) is 0 Å². The van der Waals surface area contributed by atoms with E-state index in [1.165, 1.54) is 0 Å². The van der Waals surface area contributed by atoms with Gasteiger partial charge in [0.05, 0.1) is 4.90 Å². The lowest BCUT2D eigenvalue weighted by Gasteiger charge is -2.35. The Morgan fingerprint density at radius 3 is 2.13 bits per heavy atom. The zero-order valence-electron chi connectivity index (χ0n) is 14.3. The molecule has 5 nitrogen and oxygen atoms in total. The summed E-state index contributed by atoms with van der Waals surface area (Å²) in [5.74, 6) is 0.123. The standard InChI is InChI=1S/C17H26N2O3S/c1-13-5-7-15(8-6-13)23(21,22)18-14-9-11-19(12-10-14)16(20)17(2,3)4/h5-8,14,18H,9-12H2,1-4H3. The van der Waals surface area contributed by atoms with Crippen molar-refractivity contribution in [3.8, 4) is 0 Å². The highest BCUT2D eigenvalue weighted by Gasteiger charge is 2.31. The average Bonchev–Trinajstić information content (AvgIpc) is 2.46. The van der Waals surface area contributed by atoms with Crippen LogP contribution in [0, 0.1) is 12.3 Å². The van der Waals surface area contributed by atoms with Gasteiger partial charge in [0, 0.05) is 24.5 Å². The van der Waals surface area contributed by atoms with Crippen LogP contribution >= 0.6 is 0 Å². The largest absolute Gasteiger partial charge is 0.342 e. The molecule has 6 heteroatoms. The second-order valence-corrected chi connectivity index (χ2v) is 8.96. The van der Waals surface area contributed by atoms with Crippen LogP contribution in [-0.4, -0.2) is 38.4 Å². The summed E-state index contributed by atoms with van der Waals surface area (Å²) in [6.07, 6.45) is 1.29. The number of aryl methyl sites for hydroxylation is 1. The molecule has 0 spiro atoms. The minimum Gasteiger partial charge on any atom is -0.342 e. The van der Waals surface area contributed by atoms with Gasteiger partial charge in [0.25, 0.3) is 0 Å². The normalized spacial score (nSPS) is 17.3. The van der Waals surface area contributed by atoms with E-state index in [4.69, 9.17) is 0 Å². The highest BCUT2D eigenvalue weighted by atomic mass is 32.2. The summed E-state index contributed by atoms with van der Waals surface area (Å²) in [4.78, 5) is 14.4. The molecule has 1 aromatic rings. The van der Waals surface area contributed by atoms with Crippen LogP contribution in [0.25, 0.3) is 0 Å².